The van der Waals surface area contributed by atoms with E-state index in [0.717, 1.165) is 19.5 Å². The standard InChI is InChI=1S/C9H14N2O2/c1-6(12)10-4-9-3-8(10)5-11(9)7(2)13/h8-9H,3-5H2,1-2H3. The van der Waals surface area contributed by atoms with Gasteiger partial charge in [-0.1, -0.05) is 0 Å². The maximum absolute atomic E-state index is 11.1. The molecule has 2 atom stereocenters. The molecule has 2 unspecified atom stereocenters. The highest BCUT2D eigenvalue weighted by molar-refractivity contribution is 5.77. The van der Waals surface area contributed by atoms with E-state index in [1.165, 1.54) is 0 Å². The van der Waals surface area contributed by atoms with Crippen molar-refractivity contribution in [3.05, 3.63) is 0 Å². The van der Waals surface area contributed by atoms with Gasteiger partial charge in [0.2, 0.25) is 11.8 Å². The third-order valence-corrected chi connectivity index (χ3v) is 3.05. The van der Waals surface area contributed by atoms with Crippen LogP contribution in [0.5, 0.6) is 0 Å². The zero-order valence-electron chi connectivity index (χ0n) is 7.99. The fourth-order valence-electron chi connectivity index (χ4n) is 2.44. The molecule has 13 heavy (non-hydrogen) atoms. The van der Waals surface area contributed by atoms with Crippen LogP contribution < -0.4 is 0 Å². The van der Waals surface area contributed by atoms with Gasteiger partial charge in [-0.3, -0.25) is 9.59 Å². The van der Waals surface area contributed by atoms with Crippen molar-refractivity contribution >= 4 is 11.8 Å². The minimum Gasteiger partial charge on any atom is -0.336 e. The van der Waals surface area contributed by atoms with Crippen LogP contribution in [0.15, 0.2) is 0 Å². The van der Waals surface area contributed by atoms with Gasteiger partial charge >= 0.3 is 0 Å². The van der Waals surface area contributed by atoms with Crippen molar-refractivity contribution < 1.29 is 9.59 Å². The Morgan fingerprint density at radius 3 is 1.62 bits per heavy atom. The number of nitrogens with zero attached hydrogens (tertiary/aromatic N) is 2. The first-order valence-electron chi connectivity index (χ1n) is 4.64. The summed E-state index contributed by atoms with van der Waals surface area (Å²) in [5.74, 6) is 0.270. The van der Waals surface area contributed by atoms with Crippen molar-refractivity contribution in [3.8, 4) is 0 Å². The Hall–Kier alpha value is -1.06. The first-order valence-corrected chi connectivity index (χ1v) is 4.64. The fourth-order valence-corrected chi connectivity index (χ4v) is 2.44. The zero-order valence-corrected chi connectivity index (χ0v) is 7.99. The fraction of sp³-hybridized carbons (Fsp3) is 0.778. The van der Waals surface area contributed by atoms with Gasteiger partial charge in [0.15, 0.2) is 0 Å². The number of carbonyl (C=O) groups is 2. The predicted molar refractivity (Wildman–Crippen MR) is 47.0 cm³/mol. The summed E-state index contributed by atoms with van der Waals surface area (Å²) in [6.07, 6.45) is 0.971. The molecule has 2 rings (SSSR count). The molecule has 2 amide bonds. The summed E-state index contributed by atoms with van der Waals surface area (Å²) in [7, 11) is 0. The number of carbonyl (C=O) groups excluding carboxylic acids is 2. The van der Waals surface area contributed by atoms with E-state index >= 15 is 0 Å². The monoisotopic (exact) mass is 182 g/mol. The summed E-state index contributed by atoms with van der Waals surface area (Å²) >= 11 is 0. The van der Waals surface area contributed by atoms with E-state index < -0.39 is 0 Å². The normalized spacial score (nSPS) is 31.2. The van der Waals surface area contributed by atoms with Gasteiger partial charge < -0.3 is 9.80 Å². The number of likely N-dealkylation sites (tertiary alicyclic amines) is 2. The topological polar surface area (TPSA) is 40.6 Å². The van der Waals surface area contributed by atoms with Crippen LogP contribution in [-0.4, -0.2) is 46.8 Å². The van der Waals surface area contributed by atoms with Crippen molar-refractivity contribution in [1.82, 2.24) is 9.80 Å². The molecule has 2 aliphatic rings. The highest BCUT2D eigenvalue weighted by atomic mass is 16.2. The highest BCUT2D eigenvalue weighted by Gasteiger charge is 2.45. The van der Waals surface area contributed by atoms with Crippen molar-refractivity contribution in [2.45, 2.75) is 32.4 Å². The molecule has 0 aliphatic carbocycles. The van der Waals surface area contributed by atoms with Crippen LogP contribution in [0.25, 0.3) is 0 Å². The number of fused-ring (bicyclic) bond motifs is 2. The van der Waals surface area contributed by atoms with Crippen LogP contribution in [0.2, 0.25) is 0 Å². The minimum atomic E-state index is 0.135. The lowest BCUT2D eigenvalue weighted by molar-refractivity contribution is -0.137. The first-order chi connectivity index (χ1) is 6.09. The molecule has 0 aromatic rings. The van der Waals surface area contributed by atoms with Crippen LogP contribution in [-0.2, 0) is 9.59 Å². The molecule has 2 aliphatic heterocycles. The van der Waals surface area contributed by atoms with E-state index in [9.17, 15) is 9.59 Å². The molecule has 0 saturated carbocycles. The molecule has 2 heterocycles. The lowest BCUT2D eigenvalue weighted by Gasteiger charge is -2.33. The third kappa shape index (κ3) is 1.20. The van der Waals surface area contributed by atoms with Crippen molar-refractivity contribution in [2.75, 3.05) is 13.1 Å². The summed E-state index contributed by atoms with van der Waals surface area (Å²) in [4.78, 5) is 26.0. The second kappa shape index (κ2) is 2.72. The van der Waals surface area contributed by atoms with E-state index in [4.69, 9.17) is 0 Å². The van der Waals surface area contributed by atoms with Gasteiger partial charge in [-0.2, -0.15) is 0 Å². The predicted octanol–water partition coefficient (Wildman–Crippen LogP) is -0.162. The highest BCUT2D eigenvalue weighted by Crippen LogP contribution is 2.30. The number of hydrogen-bond donors (Lipinski definition) is 0. The minimum absolute atomic E-state index is 0.135. The van der Waals surface area contributed by atoms with Crippen molar-refractivity contribution in [3.63, 3.8) is 0 Å². The maximum atomic E-state index is 11.1. The lowest BCUT2D eigenvalue weighted by atomic mass is 10.2. The quantitative estimate of drug-likeness (QED) is 0.522. The molecule has 4 heteroatoms. The summed E-state index contributed by atoms with van der Waals surface area (Å²) in [6, 6.07) is 0.567. The van der Waals surface area contributed by atoms with Crippen molar-refractivity contribution in [2.24, 2.45) is 0 Å². The van der Waals surface area contributed by atoms with E-state index in [0.29, 0.717) is 0 Å². The molecule has 2 saturated heterocycles. The Kier molecular flexibility index (Phi) is 1.78. The van der Waals surface area contributed by atoms with Crippen LogP contribution in [0.4, 0.5) is 0 Å². The largest absolute Gasteiger partial charge is 0.336 e. The molecule has 0 aromatic heterocycles. The molecular formula is C9H14N2O2. The van der Waals surface area contributed by atoms with Gasteiger partial charge in [-0.25, -0.2) is 0 Å². The Labute approximate surface area is 77.5 Å². The lowest BCUT2D eigenvalue weighted by Crippen LogP contribution is -2.49. The van der Waals surface area contributed by atoms with Gasteiger partial charge in [-0.15, -0.1) is 0 Å². The van der Waals surface area contributed by atoms with Crippen LogP contribution in [0.1, 0.15) is 20.3 Å². The Morgan fingerprint density at radius 1 is 1.00 bits per heavy atom. The average molecular weight is 182 g/mol. The SMILES string of the molecule is CC(=O)N1CC2CC1CN2C(C)=O. The number of hydrogen-bond acceptors (Lipinski definition) is 2. The van der Waals surface area contributed by atoms with E-state index in [2.05, 4.69) is 0 Å². The molecule has 72 valence electrons. The number of rotatable bonds is 0. The molecule has 2 bridgehead atoms. The van der Waals surface area contributed by atoms with Gasteiger partial charge in [0, 0.05) is 26.9 Å². The summed E-state index contributed by atoms with van der Waals surface area (Å²) < 4.78 is 0. The van der Waals surface area contributed by atoms with E-state index in [1.54, 1.807) is 13.8 Å². The van der Waals surface area contributed by atoms with Crippen molar-refractivity contribution in [1.29, 1.82) is 0 Å². The van der Waals surface area contributed by atoms with Crippen LogP contribution in [0, 0.1) is 0 Å². The van der Waals surface area contributed by atoms with Gasteiger partial charge in [0.25, 0.3) is 0 Å². The summed E-state index contributed by atoms with van der Waals surface area (Å²) in [6.45, 7) is 4.66. The zero-order chi connectivity index (χ0) is 9.59. The van der Waals surface area contributed by atoms with Crippen LogP contribution >= 0.6 is 0 Å². The Balaban J connectivity index is 2.07. The third-order valence-electron chi connectivity index (χ3n) is 3.05. The number of amides is 2. The Morgan fingerprint density at radius 2 is 1.38 bits per heavy atom. The second-order valence-electron chi connectivity index (χ2n) is 3.89. The molecule has 0 aromatic carbocycles. The van der Waals surface area contributed by atoms with Gasteiger partial charge in [0.1, 0.15) is 0 Å². The second-order valence-corrected chi connectivity index (χ2v) is 3.89. The molecular weight excluding hydrogens is 168 g/mol. The molecule has 2 fully saturated rings. The molecule has 0 spiro atoms. The summed E-state index contributed by atoms with van der Waals surface area (Å²) in [5.41, 5.74) is 0. The number of piperazine rings is 1. The smallest absolute Gasteiger partial charge is 0.219 e. The molecule has 0 N–H and O–H groups in total. The van der Waals surface area contributed by atoms with E-state index in [-0.39, 0.29) is 23.9 Å². The molecule has 0 radical (unpaired) electrons. The maximum Gasteiger partial charge on any atom is 0.219 e. The van der Waals surface area contributed by atoms with Gasteiger partial charge in [0.05, 0.1) is 12.1 Å². The molecule has 4 nitrogen and oxygen atoms in total. The van der Waals surface area contributed by atoms with Gasteiger partial charge in [-0.05, 0) is 6.42 Å². The van der Waals surface area contributed by atoms with Crippen LogP contribution in [0.3, 0.4) is 0 Å². The summed E-state index contributed by atoms with van der Waals surface area (Å²) in [5, 5.41) is 0. The Bertz CT molecular complexity index is 238. The van der Waals surface area contributed by atoms with E-state index in [1.807, 2.05) is 9.80 Å². The first kappa shape index (κ1) is 8.53. The average Bonchev–Trinajstić information content (AvgIpc) is 2.60.